The van der Waals surface area contributed by atoms with Crippen LogP contribution in [0.2, 0.25) is 0 Å². The van der Waals surface area contributed by atoms with E-state index in [9.17, 15) is 9.59 Å². The molecule has 0 atom stereocenters. The first-order valence-electron chi connectivity index (χ1n) is 6.52. The minimum Gasteiger partial charge on any atom is -0.322 e. The Balaban J connectivity index is 2.17. The number of ketones is 1. The molecule has 1 heterocycles. The van der Waals surface area contributed by atoms with Crippen molar-refractivity contribution >= 4 is 28.7 Å². The zero-order chi connectivity index (χ0) is 14.7. The number of amides is 1. The molecule has 0 fully saturated rings. The van der Waals surface area contributed by atoms with Gasteiger partial charge >= 0.3 is 0 Å². The molecule has 1 N–H and O–H groups in total. The number of carbonyl (C=O) groups is 2. The Bertz CT molecular complexity index is 641. The highest BCUT2D eigenvalue weighted by Gasteiger charge is 2.14. The van der Waals surface area contributed by atoms with Gasteiger partial charge < -0.3 is 5.32 Å². The molecule has 0 bridgehead atoms. The second kappa shape index (κ2) is 6.01. The monoisotopic (exact) mass is 287 g/mol. The van der Waals surface area contributed by atoms with Crippen LogP contribution in [0.3, 0.4) is 0 Å². The van der Waals surface area contributed by atoms with Crippen molar-refractivity contribution in [3.05, 3.63) is 51.2 Å². The lowest BCUT2D eigenvalue weighted by Crippen LogP contribution is -2.13. The minimum absolute atomic E-state index is 0.0182. The highest BCUT2D eigenvalue weighted by molar-refractivity contribution is 7.10. The highest BCUT2D eigenvalue weighted by Crippen LogP contribution is 2.23. The van der Waals surface area contributed by atoms with E-state index in [4.69, 9.17) is 0 Å². The number of aryl methyl sites for hydroxylation is 1. The van der Waals surface area contributed by atoms with Gasteiger partial charge in [-0.15, -0.1) is 11.3 Å². The van der Waals surface area contributed by atoms with Crippen LogP contribution < -0.4 is 5.32 Å². The molecule has 0 saturated heterocycles. The molecule has 2 rings (SSSR count). The molecule has 0 aliphatic heterocycles. The molecular formula is C16H17NO2S. The molecule has 1 amide bonds. The molecule has 4 heteroatoms. The quantitative estimate of drug-likeness (QED) is 0.861. The average Bonchev–Trinajstić information content (AvgIpc) is 2.80. The van der Waals surface area contributed by atoms with Crippen LogP contribution in [0.5, 0.6) is 0 Å². The molecule has 1 aromatic heterocycles. The second-order valence-electron chi connectivity index (χ2n) is 4.63. The summed E-state index contributed by atoms with van der Waals surface area (Å²) < 4.78 is 0. The summed E-state index contributed by atoms with van der Waals surface area (Å²) in [7, 11) is 0. The fraction of sp³-hybridized carbons (Fsp3) is 0.250. The van der Waals surface area contributed by atoms with E-state index >= 15 is 0 Å². The molecular weight excluding hydrogens is 270 g/mol. The number of nitrogens with one attached hydrogen (secondary N) is 1. The summed E-state index contributed by atoms with van der Waals surface area (Å²) in [5.74, 6) is -0.0774. The van der Waals surface area contributed by atoms with Crippen molar-refractivity contribution in [2.75, 3.05) is 5.32 Å². The van der Waals surface area contributed by atoms with Crippen LogP contribution in [0.25, 0.3) is 0 Å². The van der Waals surface area contributed by atoms with E-state index < -0.39 is 0 Å². The number of carbonyl (C=O) groups excluding carboxylic acids is 2. The molecule has 0 aliphatic carbocycles. The lowest BCUT2D eigenvalue weighted by Gasteiger charge is -2.06. The average molecular weight is 287 g/mol. The van der Waals surface area contributed by atoms with E-state index in [0.29, 0.717) is 11.3 Å². The van der Waals surface area contributed by atoms with Gasteiger partial charge in [0.1, 0.15) is 0 Å². The number of anilines is 1. The SMILES string of the molecule is CCc1c(C(=O)Nc2ccc(C(C)=O)cc2)csc1C. The predicted molar refractivity (Wildman–Crippen MR) is 82.8 cm³/mol. The minimum atomic E-state index is -0.0956. The van der Waals surface area contributed by atoms with E-state index in [2.05, 4.69) is 5.32 Å². The molecule has 0 aliphatic rings. The van der Waals surface area contributed by atoms with Crippen molar-refractivity contribution < 1.29 is 9.59 Å². The van der Waals surface area contributed by atoms with E-state index in [1.165, 1.54) is 11.8 Å². The van der Waals surface area contributed by atoms with Gasteiger partial charge in [-0.3, -0.25) is 9.59 Å². The summed E-state index contributed by atoms with van der Waals surface area (Å²) in [4.78, 5) is 24.6. The van der Waals surface area contributed by atoms with E-state index in [1.54, 1.807) is 35.6 Å². The summed E-state index contributed by atoms with van der Waals surface area (Å²) in [6, 6.07) is 6.94. The summed E-state index contributed by atoms with van der Waals surface area (Å²) in [5.41, 5.74) is 3.19. The number of Topliss-reactive ketones (excluding diaryl/α,β-unsaturated/α-hetero) is 1. The van der Waals surface area contributed by atoms with Gasteiger partial charge in [0, 0.05) is 21.5 Å². The largest absolute Gasteiger partial charge is 0.322 e. The first-order valence-corrected chi connectivity index (χ1v) is 7.40. The number of benzene rings is 1. The Morgan fingerprint density at radius 1 is 1.20 bits per heavy atom. The molecule has 0 spiro atoms. The zero-order valence-corrected chi connectivity index (χ0v) is 12.6. The molecule has 104 valence electrons. The third-order valence-electron chi connectivity index (χ3n) is 3.25. The first kappa shape index (κ1) is 14.5. The fourth-order valence-corrected chi connectivity index (χ4v) is 3.04. The third-order valence-corrected chi connectivity index (χ3v) is 4.20. The maximum Gasteiger partial charge on any atom is 0.256 e. The fourth-order valence-electron chi connectivity index (χ4n) is 2.10. The van der Waals surface area contributed by atoms with Crippen LogP contribution in [-0.2, 0) is 6.42 Å². The predicted octanol–water partition coefficient (Wildman–Crippen LogP) is 4.07. The topological polar surface area (TPSA) is 46.2 Å². The summed E-state index contributed by atoms with van der Waals surface area (Å²) in [5, 5.41) is 4.77. The van der Waals surface area contributed by atoms with Crippen molar-refractivity contribution in [1.82, 2.24) is 0 Å². The van der Waals surface area contributed by atoms with Crippen LogP contribution in [-0.4, -0.2) is 11.7 Å². The van der Waals surface area contributed by atoms with Crippen molar-refractivity contribution in [1.29, 1.82) is 0 Å². The lowest BCUT2D eigenvalue weighted by atomic mass is 10.1. The van der Waals surface area contributed by atoms with Gasteiger partial charge in [0.25, 0.3) is 5.91 Å². The van der Waals surface area contributed by atoms with Crippen molar-refractivity contribution in [2.24, 2.45) is 0 Å². The number of hydrogen-bond acceptors (Lipinski definition) is 3. The second-order valence-corrected chi connectivity index (χ2v) is 5.71. The van der Waals surface area contributed by atoms with Crippen LogP contribution in [0.1, 0.15) is 45.0 Å². The molecule has 3 nitrogen and oxygen atoms in total. The van der Waals surface area contributed by atoms with E-state index in [0.717, 1.165) is 17.5 Å². The molecule has 0 unspecified atom stereocenters. The van der Waals surface area contributed by atoms with Gasteiger partial charge in [0.05, 0.1) is 5.56 Å². The molecule has 20 heavy (non-hydrogen) atoms. The zero-order valence-electron chi connectivity index (χ0n) is 11.8. The first-order chi connectivity index (χ1) is 9.52. The third kappa shape index (κ3) is 2.96. The van der Waals surface area contributed by atoms with E-state index in [-0.39, 0.29) is 11.7 Å². The van der Waals surface area contributed by atoms with Gasteiger partial charge in [-0.1, -0.05) is 6.92 Å². The van der Waals surface area contributed by atoms with Crippen LogP contribution in [0.4, 0.5) is 5.69 Å². The van der Waals surface area contributed by atoms with Crippen molar-refractivity contribution in [2.45, 2.75) is 27.2 Å². The molecule has 1 aromatic carbocycles. The van der Waals surface area contributed by atoms with Crippen molar-refractivity contribution in [3.8, 4) is 0 Å². The molecule has 0 radical (unpaired) electrons. The standard InChI is InChI=1S/C16H17NO2S/c1-4-14-11(3)20-9-15(14)16(19)17-13-7-5-12(6-8-13)10(2)18/h5-9H,4H2,1-3H3,(H,17,19). The van der Waals surface area contributed by atoms with E-state index in [1.807, 2.05) is 19.2 Å². The van der Waals surface area contributed by atoms with Crippen LogP contribution in [0, 0.1) is 6.92 Å². The lowest BCUT2D eigenvalue weighted by molar-refractivity contribution is 0.101. The number of thiophene rings is 1. The Morgan fingerprint density at radius 3 is 2.40 bits per heavy atom. The summed E-state index contributed by atoms with van der Waals surface area (Å²) in [6.07, 6.45) is 0.849. The Kier molecular flexibility index (Phi) is 4.35. The van der Waals surface area contributed by atoms with Gasteiger partial charge in [-0.2, -0.15) is 0 Å². The van der Waals surface area contributed by atoms with Gasteiger partial charge in [-0.05, 0) is 50.1 Å². The van der Waals surface area contributed by atoms with Crippen LogP contribution >= 0.6 is 11.3 Å². The van der Waals surface area contributed by atoms with Crippen molar-refractivity contribution in [3.63, 3.8) is 0 Å². The van der Waals surface area contributed by atoms with Gasteiger partial charge in [-0.25, -0.2) is 0 Å². The maximum absolute atomic E-state index is 12.3. The summed E-state index contributed by atoms with van der Waals surface area (Å²) in [6.45, 7) is 5.60. The Hall–Kier alpha value is -1.94. The van der Waals surface area contributed by atoms with Crippen LogP contribution in [0.15, 0.2) is 29.6 Å². The summed E-state index contributed by atoms with van der Waals surface area (Å²) >= 11 is 1.60. The Labute approximate surface area is 122 Å². The smallest absolute Gasteiger partial charge is 0.256 e. The molecule has 2 aromatic rings. The Morgan fingerprint density at radius 2 is 1.85 bits per heavy atom. The molecule has 0 saturated carbocycles. The van der Waals surface area contributed by atoms with Gasteiger partial charge in [0.2, 0.25) is 0 Å². The maximum atomic E-state index is 12.3. The number of hydrogen-bond donors (Lipinski definition) is 1. The highest BCUT2D eigenvalue weighted by atomic mass is 32.1. The number of rotatable bonds is 4. The normalized spacial score (nSPS) is 10.3. The van der Waals surface area contributed by atoms with Gasteiger partial charge in [0.15, 0.2) is 5.78 Å².